The summed E-state index contributed by atoms with van der Waals surface area (Å²) < 4.78 is 7.35. The highest BCUT2D eigenvalue weighted by Crippen LogP contribution is 2.28. The second kappa shape index (κ2) is 5.01. The van der Waals surface area contributed by atoms with E-state index in [0.29, 0.717) is 18.9 Å². The zero-order valence-electron chi connectivity index (χ0n) is 9.29. The van der Waals surface area contributed by atoms with Gasteiger partial charge in [0, 0.05) is 17.3 Å². The third-order valence-corrected chi connectivity index (χ3v) is 3.20. The van der Waals surface area contributed by atoms with Gasteiger partial charge in [-0.2, -0.15) is 0 Å². The lowest BCUT2D eigenvalue weighted by Crippen LogP contribution is -2.07. The lowest BCUT2D eigenvalue weighted by atomic mass is 10.4. The van der Waals surface area contributed by atoms with Crippen LogP contribution in [0.1, 0.15) is 14.5 Å². The van der Waals surface area contributed by atoms with Gasteiger partial charge in [-0.25, -0.2) is 9.78 Å². The van der Waals surface area contributed by atoms with Crippen molar-refractivity contribution in [3.8, 4) is 5.75 Å². The molecule has 17 heavy (non-hydrogen) atoms. The van der Waals surface area contributed by atoms with Crippen LogP contribution in [0.3, 0.4) is 0 Å². The molecule has 0 amide bonds. The van der Waals surface area contributed by atoms with Gasteiger partial charge in [0.1, 0.15) is 12.4 Å². The summed E-state index contributed by atoms with van der Waals surface area (Å²) in [6.07, 6.45) is 5.22. The second-order valence-corrected chi connectivity index (χ2v) is 4.76. The van der Waals surface area contributed by atoms with Crippen molar-refractivity contribution in [3.05, 3.63) is 34.5 Å². The molecule has 2 heterocycles. The molecule has 2 rings (SSSR count). The summed E-state index contributed by atoms with van der Waals surface area (Å²) in [4.78, 5) is 16.0. The number of rotatable bonds is 5. The standard InChI is InChI=1S/C11H12N2O3S/c1-8-6-9(10(17-8)11(14)15)16-5-4-13-3-2-12-7-13/h2-3,6-7H,4-5H2,1H3,(H,14,15). The van der Waals surface area contributed by atoms with Crippen molar-refractivity contribution in [1.82, 2.24) is 9.55 Å². The molecule has 1 N–H and O–H groups in total. The zero-order valence-corrected chi connectivity index (χ0v) is 10.1. The highest BCUT2D eigenvalue weighted by atomic mass is 32.1. The van der Waals surface area contributed by atoms with Crippen molar-refractivity contribution in [3.63, 3.8) is 0 Å². The van der Waals surface area contributed by atoms with Crippen LogP contribution in [0.15, 0.2) is 24.8 Å². The van der Waals surface area contributed by atoms with E-state index in [9.17, 15) is 4.79 Å². The van der Waals surface area contributed by atoms with Gasteiger partial charge in [0.2, 0.25) is 0 Å². The highest BCUT2D eigenvalue weighted by Gasteiger charge is 2.14. The number of hydrogen-bond acceptors (Lipinski definition) is 4. The van der Waals surface area contributed by atoms with Crippen LogP contribution >= 0.6 is 11.3 Å². The normalized spacial score (nSPS) is 10.4. The number of hydrogen-bond donors (Lipinski definition) is 1. The van der Waals surface area contributed by atoms with Gasteiger partial charge >= 0.3 is 5.97 Å². The summed E-state index contributed by atoms with van der Waals surface area (Å²) in [5.41, 5.74) is 0. The van der Waals surface area contributed by atoms with Gasteiger partial charge in [-0.05, 0) is 13.0 Å². The second-order valence-electron chi connectivity index (χ2n) is 3.50. The predicted octanol–water partition coefficient (Wildman–Crippen LogP) is 2.03. The molecule has 0 aliphatic carbocycles. The van der Waals surface area contributed by atoms with E-state index in [1.54, 1.807) is 18.6 Å². The molecule has 5 nitrogen and oxygen atoms in total. The first-order chi connectivity index (χ1) is 8.16. The Morgan fingerprint density at radius 2 is 2.47 bits per heavy atom. The quantitative estimate of drug-likeness (QED) is 0.884. The number of nitrogens with zero attached hydrogens (tertiary/aromatic N) is 2. The Labute approximate surface area is 102 Å². The van der Waals surface area contributed by atoms with Crippen molar-refractivity contribution in [2.24, 2.45) is 0 Å². The van der Waals surface area contributed by atoms with Gasteiger partial charge in [-0.1, -0.05) is 0 Å². The summed E-state index contributed by atoms with van der Waals surface area (Å²) in [6, 6.07) is 1.75. The fourth-order valence-electron chi connectivity index (χ4n) is 1.43. The first-order valence-corrected chi connectivity index (χ1v) is 5.90. The molecule has 0 fully saturated rings. The maximum atomic E-state index is 10.9. The topological polar surface area (TPSA) is 64.4 Å². The summed E-state index contributed by atoms with van der Waals surface area (Å²) in [5, 5.41) is 8.98. The molecule has 6 heteroatoms. The fraction of sp³-hybridized carbons (Fsp3) is 0.273. The maximum Gasteiger partial charge on any atom is 0.349 e. The molecule has 0 radical (unpaired) electrons. The minimum atomic E-state index is -0.944. The lowest BCUT2D eigenvalue weighted by molar-refractivity contribution is 0.0698. The fourth-order valence-corrected chi connectivity index (χ4v) is 2.22. The molecular weight excluding hydrogens is 240 g/mol. The van der Waals surface area contributed by atoms with E-state index in [1.165, 1.54) is 11.3 Å². The van der Waals surface area contributed by atoms with E-state index < -0.39 is 5.97 Å². The van der Waals surface area contributed by atoms with E-state index in [0.717, 1.165) is 4.88 Å². The number of imidazole rings is 1. The number of ether oxygens (including phenoxy) is 1. The van der Waals surface area contributed by atoms with Crippen molar-refractivity contribution in [2.75, 3.05) is 6.61 Å². The van der Waals surface area contributed by atoms with Gasteiger partial charge < -0.3 is 14.4 Å². The summed E-state index contributed by atoms with van der Waals surface area (Å²) in [5.74, 6) is -0.499. The highest BCUT2D eigenvalue weighted by molar-refractivity contribution is 7.14. The van der Waals surface area contributed by atoms with Gasteiger partial charge in [-0.15, -0.1) is 11.3 Å². The van der Waals surface area contributed by atoms with E-state index in [2.05, 4.69) is 4.98 Å². The summed E-state index contributed by atoms with van der Waals surface area (Å²) in [6.45, 7) is 2.93. The first-order valence-electron chi connectivity index (χ1n) is 5.09. The molecule has 0 saturated heterocycles. The van der Waals surface area contributed by atoms with Gasteiger partial charge in [0.05, 0.1) is 12.9 Å². The first kappa shape index (κ1) is 11.7. The Balaban J connectivity index is 1.96. The minimum Gasteiger partial charge on any atom is -0.490 e. The number of aromatic carboxylic acids is 1. The third kappa shape index (κ3) is 2.85. The smallest absolute Gasteiger partial charge is 0.349 e. The van der Waals surface area contributed by atoms with Crippen molar-refractivity contribution in [2.45, 2.75) is 13.5 Å². The van der Waals surface area contributed by atoms with E-state index in [-0.39, 0.29) is 4.88 Å². The number of carboxylic acids is 1. The van der Waals surface area contributed by atoms with E-state index >= 15 is 0 Å². The molecule has 90 valence electrons. The van der Waals surface area contributed by atoms with Crippen LogP contribution in [-0.2, 0) is 6.54 Å². The number of aromatic nitrogens is 2. The number of carboxylic acid groups (broad SMARTS) is 1. The van der Waals surface area contributed by atoms with Crippen LogP contribution in [0, 0.1) is 6.92 Å². The van der Waals surface area contributed by atoms with Gasteiger partial charge in [0.25, 0.3) is 0 Å². The average Bonchev–Trinajstić information content (AvgIpc) is 2.88. The Hall–Kier alpha value is -1.82. The van der Waals surface area contributed by atoms with Crippen molar-refractivity contribution in [1.29, 1.82) is 0 Å². The molecule has 0 aromatic carbocycles. The predicted molar refractivity (Wildman–Crippen MR) is 63.7 cm³/mol. The van der Waals surface area contributed by atoms with Crippen LogP contribution in [0.2, 0.25) is 0 Å². The van der Waals surface area contributed by atoms with Gasteiger partial charge in [-0.3, -0.25) is 0 Å². The number of carbonyl (C=O) groups is 1. The van der Waals surface area contributed by atoms with Crippen LogP contribution in [-0.4, -0.2) is 27.2 Å². The Bertz CT molecular complexity index is 505. The number of aryl methyl sites for hydroxylation is 1. The SMILES string of the molecule is Cc1cc(OCCn2ccnc2)c(C(=O)O)s1. The minimum absolute atomic E-state index is 0.258. The van der Waals surface area contributed by atoms with Crippen molar-refractivity contribution < 1.29 is 14.6 Å². The molecule has 0 bridgehead atoms. The molecule has 0 unspecified atom stereocenters. The maximum absolute atomic E-state index is 10.9. The van der Waals surface area contributed by atoms with Crippen LogP contribution in [0.4, 0.5) is 0 Å². The van der Waals surface area contributed by atoms with E-state index in [1.807, 2.05) is 17.7 Å². The summed E-state index contributed by atoms with van der Waals surface area (Å²) >= 11 is 1.23. The average molecular weight is 252 g/mol. The number of thiophene rings is 1. The largest absolute Gasteiger partial charge is 0.490 e. The zero-order chi connectivity index (χ0) is 12.3. The molecule has 0 atom stereocenters. The third-order valence-electron chi connectivity index (χ3n) is 2.18. The summed E-state index contributed by atoms with van der Waals surface area (Å²) in [7, 11) is 0. The molecule has 2 aromatic rings. The van der Waals surface area contributed by atoms with Crippen LogP contribution in [0.25, 0.3) is 0 Å². The molecule has 0 saturated carbocycles. The molecule has 0 aliphatic heterocycles. The Morgan fingerprint density at radius 1 is 1.65 bits per heavy atom. The monoisotopic (exact) mass is 252 g/mol. The lowest BCUT2D eigenvalue weighted by Gasteiger charge is -2.05. The Kier molecular flexibility index (Phi) is 3.43. The van der Waals surface area contributed by atoms with Crippen LogP contribution < -0.4 is 4.74 Å². The molecular formula is C11H12N2O3S. The van der Waals surface area contributed by atoms with Crippen LogP contribution in [0.5, 0.6) is 5.75 Å². The molecule has 2 aromatic heterocycles. The Morgan fingerprint density at radius 3 is 3.12 bits per heavy atom. The molecule has 0 spiro atoms. The van der Waals surface area contributed by atoms with E-state index in [4.69, 9.17) is 9.84 Å². The molecule has 0 aliphatic rings. The van der Waals surface area contributed by atoms with Crippen molar-refractivity contribution >= 4 is 17.3 Å². The van der Waals surface area contributed by atoms with Gasteiger partial charge in [0.15, 0.2) is 4.88 Å².